The summed E-state index contributed by atoms with van der Waals surface area (Å²) >= 11 is 7.49. The van der Waals surface area contributed by atoms with Gasteiger partial charge in [0.2, 0.25) is 11.8 Å². The number of thiazole rings is 1. The number of hydrogen-bond donors (Lipinski definition) is 2. The van der Waals surface area contributed by atoms with Gasteiger partial charge in [0.05, 0.1) is 43.2 Å². The Kier molecular flexibility index (Phi) is 8.18. The van der Waals surface area contributed by atoms with Crippen molar-refractivity contribution in [3.05, 3.63) is 70.1 Å². The molecule has 2 N–H and O–H groups in total. The van der Waals surface area contributed by atoms with E-state index < -0.39 is 5.88 Å². The van der Waals surface area contributed by atoms with Gasteiger partial charge in [0.25, 0.3) is 5.89 Å². The fraction of sp³-hybridized carbons (Fsp3) is 0.241. The van der Waals surface area contributed by atoms with E-state index in [0.717, 1.165) is 29.1 Å². The summed E-state index contributed by atoms with van der Waals surface area (Å²) in [6.45, 7) is 2.05. The van der Waals surface area contributed by atoms with Crippen LogP contribution >= 0.6 is 22.9 Å². The molecule has 0 saturated carbocycles. The van der Waals surface area contributed by atoms with Crippen LogP contribution in [0.15, 0.2) is 52.3 Å². The van der Waals surface area contributed by atoms with Crippen molar-refractivity contribution in [3.8, 4) is 56.3 Å². The van der Waals surface area contributed by atoms with E-state index in [4.69, 9.17) is 25.5 Å². The largest absolute Gasteiger partial charge is 0.506 e. The highest BCUT2D eigenvalue weighted by Crippen LogP contribution is 2.49. The fourth-order valence-electron chi connectivity index (χ4n) is 4.38. The molecule has 9 nitrogen and oxygen atoms in total. The molecule has 0 fully saturated rings. The summed E-state index contributed by atoms with van der Waals surface area (Å²) in [6.07, 6.45) is 2.49. The quantitative estimate of drug-likeness (QED) is 0.181. The molecule has 0 aliphatic heterocycles. The zero-order valence-electron chi connectivity index (χ0n) is 22.1. The maximum absolute atomic E-state index is 11.6. The van der Waals surface area contributed by atoms with Gasteiger partial charge in [-0.05, 0) is 37.1 Å². The first kappa shape index (κ1) is 27.4. The number of methoxy groups -OCH3 is 2. The third-order valence-corrected chi connectivity index (χ3v) is 7.52. The van der Waals surface area contributed by atoms with Crippen LogP contribution in [0.4, 0.5) is 0 Å². The molecule has 0 bridgehead atoms. The van der Waals surface area contributed by atoms with Crippen molar-refractivity contribution < 1.29 is 24.1 Å². The number of unbranched alkanes of at least 4 members (excludes halogenated alkanes) is 1. The highest BCUT2D eigenvalue weighted by atomic mass is 35.5. The lowest BCUT2D eigenvalue weighted by atomic mass is 9.95. The summed E-state index contributed by atoms with van der Waals surface area (Å²) in [6, 6.07) is 12.8. The lowest BCUT2D eigenvalue weighted by Crippen LogP contribution is -2.01. The van der Waals surface area contributed by atoms with Crippen molar-refractivity contribution in [3.63, 3.8) is 0 Å². The van der Waals surface area contributed by atoms with Gasteiger partial charge in [-0.2, -0.15) is 0 Å². The molecule has 0 radical (unpaired) electrons. The second-order valence-corrected chi connectivity index (χ2v) is 10.2. The predicted octanol–water partition coefficient (Wildman–Crippen LogP) is 6.94. The number of ether oxygens (including phenoxy) is 2. The maximum Gasteiger partial charge on any atom is 0.257 e. The molecule has 5 aromatic rings. The summed E-state index contributed by atoms with van der Waals surface area (Å²) < 4.78 is 17.1. The van der Waals surface area contributed by atoms with Gasteiger partial charge in [-0.3, -0.25) is 0 Å². The van der Waals surface area contributed by atoms with E-state index >= 15 is 0 Å². The minimum Gasteiger partial charge on any atom is -0.506 e. The van der Waals surface area contributed by atoms with Crippen LogP contribution in [-0.4, -0.2) is 44.6 Å². The van der Waals surface area contributed by atoms with Crippen molar-refractivity contribution in [1.29, 1.82) is 0 Å². The van der Waals surface area contributed by atoms with Gasteiger partial charge >= 0.3 is 0 Å². The fourth-order valence-corrected chi connectivity index (χ4v) is 5.34. The standard InChI is InChI=1S/C29H27ClN4O5S/c1-4-5-7-19-23(24-20(37-2)8-6-9-21(24)38-3)26(35)25(27(36)32-19)28-34-33-22(39-28)14-18-15-40-29(31-18)16-10-12-17(30)13-11-16/h6,8-13,15H,4-5,7,14H2,1-3H3,(H2,32,35,36). The summed E-state index contributed by atoms with van der Waals surface area (Å²) in [4.78, 5) is 9.11. The third kappa shape index (κ3) is 5.45. The van der Waals surface area contributed by atoms with Crippen LogP contribution in [0.5, 0.6) is 23.1 Å². The van der Waals surface area contributed by atoms with E-state index in [1.165, 1.54) is 25.6 Å². The van der Waals surface area contributed by atoms with Gasteiger partial charge < -0.3 is 24.1 Å². The van der Waals surface area contributed by atoms with Gasteiger partial charge in [0.1, 0.15) is 27.8 Å². The molecular weight excluding hydrogens is 552 g/mol. The summed E-state index contributed by atoms with van der Waals surface area (Å²) in [5, 5.41) is 34.2. The normalized spacial score (nSPS) is 11.1. The van der Waals surface area contributed by atoms with E-state index in [0.29, 0.717) is 39.8 Å². The molecular formula is C29H27ClN4O5S. The number of benzene rings is 2. The summed E-state index contributed by atoms with van der Waals surface area (Å²) in [5.74, 6) is 0.510. The first-order valence-electron chi connectivity index (χ1n) is 12.6. The van der Waals surface area contributed by atoms with E-state index in [9.17, 15) is 10.2 Å². The highest BCUT2D eigenvalue weighted by molar-refractivity contribution is 7.13. The monoisotopic (exact) mass is 578 g/mol. The van der Waals surface area contributed by atoms with Crippen LogP contribution in [-0.2, 0) is 12.8 Å². The first-order valence-corrected chi connectivity index (χ1v) is 13.9. The minimum atomic E-state index is -0.407. The van der Waals surface area contributed by atoms with Crippen LogP contribution < -0.4 is 9.47 Å². The van der Waals surface area contributed by atoms with Crippen molar-refractivity contribution in [2.24, 2.45) is 0 Å². The number of aromatic hydroxyl groups is 2. The molecule has 206 valence electrons. The molecule has 0 unspecified atom stereocenters. The topological polar surface area (TPSA) is 124 Å². The number of hydrogen-bond acceptors (Lipinski definition) is 10. The number of aryl methyl sites for hydroxylation is 1. The lowest BCUT2D eigenvalue weighted by molar-refractivity contribution is 0.395. The molecule has 0 atom stereocenters. The van der Waals surface area contributed by atoms with Gasteiger partial charge in [-0.15, -0.1) is 21.5 Å². The SMILES string of the molecule is CCCCc1nc(O)c(-c2nnc(Cc3csc(-c4ccc(Cl)cc4)n3)o2)c(O)c1-c1c(OC)cccc1OC. The van der Waals surface area contributed by atoms with E-state index in [1.54, 1.807) is 18.2 Å². The Morgan fingerprint density at radius 1 is 0.925 bits per heavy atom. The van der Waals surface area contributed by atoms with Crippen LogP contribution in [0.1, 0.15) is 37.0 Å². The third-order valence-electron chi connectivity index (χ3n) is 6.33. The number of pyridine rings is 1. The van der Waals surface area contributed by atoms with Crippen molar-refractivity contribution in [1.82, 2.24) is 20.2 Å². The second-order valence-electron chi connectivity index (χ2n) is 8.95. The minimum absolute atomic E-state index is 0.0668. The maximum atomic E-state index is 11.6. The first-order chi connectivity index (χ1) is 19.4. The molecule has 0 spiro atoms. The average molecular weight is 579 g/mol. The Morgan fingerprint density at radius 3 is 2.33 bits per heavy atom. The Bertz CT molecular complexity index is 1610. The molecule has 3 aromatic heterocycles. The van der Waals surface area contributed by atoms with Crippen LogP contribution in [0, 0.1) is 0 Å². The number of aromatic nitrogens is 4. The summed E-state index contributed by atoms with van der Waals surface area (Å²) in [5.41, 5.74) is 3.02. The van der Waals surface area contributed by atoms with Crippen molar-refractivity contribution in [2.75, 3.05) is 14.2 Å². The Balaban J connectivity index is 1.53. The van der Waals surface area contributed by atoms with E-state index in [1.807, 2.05) is 29.6 Å². The van der Waals surface area contributed by atoms with E-state index in [-0.39, 0.29) is 29.5 Å². The number of rotatable bonds is 10. The molecule has 40 heavy (non-hydrogen) atoms. The van der Waals surface area contributed by atoms with Crippen LogP contribution in [0.3, 0.4) is 0 Å². The van der Waals surface area contributed by atoms with E-state index in [2.05, 4.69) is 27.1 Å². The highest BCUT2D eigenvalue weighted by Gasteiger charge is 2.28. The van der Waals surface area contributed by atoms with Gasteiger partial charge in [-0.1, -0.05) is 43.1 Å². The lowest BCUT2D eigenvalue weighted by Gasteiger charge is -2.18. The van der Waals surface area contributed by atoms with Gasteiger partial charge in [0.15, 0.2) is 0 Å². The predicted molar refractivity (Wildman–Crippen MR) is 153 cm³/mol. The molecule has 0 aliphatic rings. The molecule has 0 aliphatic carbocycles. The Labute approximate surface area is 240 Å². The van der Waals surface area contributed by atoms with Crippen LogP contribution in [0.2, 0.25) is 5.02 Å². The van der Waals surface area contributed by atoms with Crippen LogP contribution in [0.25, 0.3) is 33.2 Å². The Hall–Kier alpha value is -4.15. The number of nitrogens with zero attached hydrogens (tertiary/aromatic N) is 4. The molecule has 2 aromatic carbocycles. The van der Waals surface area contributed by atoms with Crippen molar-refractivity contribution in [2.45, 2.75) is 32.6 Å². The average Bonchev–Trinajstić information content (AvgIpc) is 3.62. The molecule has 3 heterocycles. The molecule has 0 amide bonds. The summed E-state index contributed by atoms with van der Waals surface area (Å²) in [7, 11) is 3.08. The zero-order valence-corrected chi connectivity index (χ0v) is 23.7. The van der Waals surface area contributed by atoms with Gasteiger partial charge in [0, 0.05) is 16.0 Å². The number of halogens is 1. The second kappa shape index (κ2) is 11.9. The Morgan fingerprint density at radius 2 is 1.65 bits per heavy atom. The van der Waals surface area contributed by atoms with Gasteiger partial charge in [-0.25, -0.2) is 9.97 Å². The van der Waals surface area contributed by atoms with Crippen molar-refractivity contribution >= 4 is 22.9 Å². The zero-order chi connectivity index (χ0) is 28.2. The molecule has 0 saturated heterocycles. The smallest absolute Gasteiger partial charge is 0.257 e. The molecule has 5 rings (SSSR count). The molecule has 11 heteroatoms.